The highest BCUT2D eigenvalue weighted by Gasteiger charge is 2.14. The van der Waals surface area contributed by atoms with Gasteiger partial charge in [0.15, 0.2) is 5.82 Å². The van der Waals surface area contributed by atoms with Gasteiger partial charge in [0.05, 0.1) is 11.2 Å². The van der Waals surface area contributed by atoms with Crippen LogP contribution in [0.1, 0.15) is 5.56 Å². The van der Waals surface area contributed by atoms with Crippen LogP contribution in [0.3, 0.4) is 0 Å². The number of anilines is 1. The molecule has 0 atom stereocenters. The van der Waals surface area contributed by atoms with Crippen LogP contribution in [-0.2, 0) is 0 Å². The van der Waals surface area contributed by atoms with E-state index in [-0.39, 0.29) is 0 Å². The van der Waals surface area contributed by atoms with Crippen LogP contribution in [0.25, 0.3) is 33.3 Å². The molecular formula is C21H23N5. The van der Waals surface area contributed by atoms with Gasteiger partial charge in [-0.05, 0) is 44.8 Å². The molecule has 2 aromatic carbocycles. The second-order valence-corrected chi connectivity index (χ2v) is 6.81. The van der Waals surface area contributed by atoms with Crippen molar-refractivity contribution >= 4 is 27.6 Å². The Balaban J connectivity index is 1.83. The number of hydrogen-bond acceptors (Lipinski definition) is 4. The zero-order valence-corrected chi connectivity index (χ0v) is 15.4. The molecule has 0 fully saturated rings. The Morgan fingerprint density at radius 3 is 2.46 bits per heavy atom. The number of nitrogens with zero attached hydrogens (tertiary/aromatic N) is 3. The molecule has 0 bridgehead atoms. The van der Waals surface area contributed by atoms with Gasteiger partial charge in [0.25, 0.3) is 0 Å². The minimum absolute atomic E-state index is 0.727. The summed E-state index contributed by atoms with van der Waals surface area (Å²) in [5, 5.41) is 5.73. The Kier molecular flexibility index (Phi) is 4.31. The summed E-state index contributed by atoms with van der Waals surface area (Å²) in [6.45, 7) is 3.89. The van der Waals surface area contributed by atoms with Gasteiger partial charge >= 0.3 is 0 Å². The second-order valence-electron chi connectivity index (χ2n) is 6.81. The summed E-state index contributed by atoms with van der Waals surface area (Å²) in [6.07, 6.45) is 0. The average Bonchev–Trinajstić information content (AvgIpc) is 2.98. The zero-order chi connectivity index (χ0) is 18.1. The summed E-state index contributed by atoms with van der Waals surface area (Å²) >= 11 is 0. The molecule has 5 nitrogen and oxygen atoms in total. The quantitative estimate of drug-likeness (QED) is 0.573. The third kappa shape index (κ3) is 3.02. The number of fused-ring (bicyclic) bond motifs is 2. The Bertz CT molecular complexity index is 1060. The van der Waals surface area contributed by atoms with Crippen molar-refractivity contribution in [1.82, 2.24) is 19.9 Å². The lowest BCUT2D eigenvalue weighted by Gasteiger charge is -2.13. The molecule has 0 radical (unpaired) electrons. The third-order valence-corrected chi connectivity index (χ3v) is 4.64. The van der Waals surface area contributed by atoms with E-state index in [2.05, 4.69) is 60.5 Å². The van der Waals surface area contributed by atoms with Gasteiger partial charge in [0.2, 0.25) is 0 Å². The zero-order valence-electron chi connectivity index (χ0n) is 15.4. The lowest BCUT2D eigenvalue weighted by Crippen LogP contribution is -2.21. The molecule has 0 spiro atoms. The van der Waals surface area contributed by atoms with Crippen molar-refractivity contribution in [2.45, 2.75) is 6.92 Å². The van der Waals surface area contributed by atoms with E-state index in [9.17, 15) is 0 Å². The van der Waals surface area contributed by atoms with Crippen molar-refractivity contribution < 1.29 is 0 Å². The van der Waals surface area contributed by atoms with Crippen LogP contribution in [0, 0.1) is 6.92 Å². The molecule has 26 heavy (non-hydrogen) atoms. The smallest absolute Gasteiger partial charge is 0.178 e. The molecule has 0 unspecified atom stereocenters. The van der Waals surface area contributed by atoms with Gasteiger partial charge in [-0.1, -0.05) is 30.3 Å². The fourth-order valence-corrected chi connectivity index (χ4v) is 3.23. The maximum atomic E-state index is 4.85. The molecule has 132 valence electrons. The number of hydrogen-bond donors (Lipinski definition) is 2. The molecular weight excluding hydrogens is 322 g/mol. The molecule has 0 aliphatic carbocycles. The van der Waals surface area contributed by atoms with Crippen LogP contribution < -0.4 is 5.32 Å². The minimum atomic E-state index is 0.727. The summed E-state index contributed by atoms with van der Waals surface area (Å²) in [6, 6.07) is 16.5. The van der Waals surface area contributed by atoms with E-state index < -0.39 is 0 Å². The van der Waals surface area contributed by atoms with Crippen LogP contribution >= 0.6 is 0 Å². The highest BCUT2D eigenvalue weighted by atomic mass is 15.1. The van der Waals surface area contributed by atoms with E-state index in [0.717, 1.165) is 46.8 Å². The summed E-state index contributed by atoms with van der Waals surface area (Å²) in [7, 11) is 4.14. The second kappa shape index (κ2) is 6.77. The van der Waals surface area contributed by atoms with Crippen LogP contribution in [0.2, 0.25) is 0 Å². The lowest BCUT2D eigenvalue weighted by atomic mass is 10.1. The number of nitrogens with one attached hydrogen (secondary N) is 2. The molecule has 0 aliphatic heterocycles. The van der Waals surface area contributed by atoms with Gasteiger partial charge < -0.3 is 15.2 Å². The van der Waals surface area contributed by atoms with Crippen LogP contribution in [0.5, 0.6) is 0 Å². The van der Waals surface area contributed by atoms with E-state index in [1.54, 1.807) is 0 Å². The van der Waals surface area contributed by atoms with Gasteiger partial charge in [0, 0.05) is 29.4 Å². The first kappa shape index (κ1) is 16.5. The van der Waals surface area contributed by atoms with Crippen molar-refractivity contribution in [2.75, 3.05) is 32.5 Å². The number of aromatic nitrogens is 3. The fourth-order valence-electron chi connectivity index (χ4n) is 3.23. The summed E-state index contributed by atoms with van der Waals surface area (Å²) in [5.41, 5.74) is 4.21. The average molecular weight is 345 g/mol. The molecule has 2 N–H and O–H groups in total. The lowest BCUT2D eigenvalue weighted by molar-refractivity contribution is 0.425. The number of rotatable bonds is 5. The van der Waals surface area contributed by atoms with Crippen LogP contribution in [0.15, 0.2) is 48.5 Å². The Hall–Kier alpha value is -2.92. The van der Waals surface area contributed by atoms with Crippen molar-refractivity contribution in [1.29, 1.82) is 0 Å². The van der Waals surface area contributed by atoms with Crippen LogP contribution in [0.4, 0.5) is 5.82 Å². The summed E-state index contributed by atoms with van der Waals surface area (Å²) in [4.78, 5) is 15.3. The number of likely N-dealkylation sites (N-methyl/N-ethyl adjacent to an activating group) is 1. The molecule has 2 aromatic heterocycles. The van der Waals surface area contributed by atoms with Gasteiger partial charge in [-0.15, -0.1) is 0 Å². The number of para-hydroxylation sites is 2. The fraction of sp³-hybridized carbons (Fsp3) is 0.238. The molecule has 0 amide bonds. The first-order valence-electron chi connectivity index (χ1n) is 8.86. The first-order chi connectivity index (χ1) is 12.6. The monoisotopic (exact) mass is 345 g/mol. The molecule has 4 rings (SSSR count). The van der Waals surface area contributed by atoms with Crippen molar-refractivity contribution in [3.05, 3.63) is 54.1 Å². The summed E-state index contributed by atoms with van der Waals surface area (Å²) < 4.78 is 0. The Morgan fingerprint density at radius 2 is 1.69 bits per heavy atom. The minimum Gasteiger partial charge on any atom is -0.368 e. The topological polar surface area (TPSA) is 56.8 Å². The van der Waals surface area contributed by atoms with E-state index in [4.69, 9.17) is 9.97 Å². The van der Waals surface area contributed by atoms with E-state index in [1.807, 2.05) is 24.3 Å². The molecule has 5 heteroatoms. The SMILES string of the molecule is Cc1c(-c2nc(NCCN(C)C)c3ccccc3n2)[nH]c2ccccc12. The van der Waals surface area contributed by atoms with Gasteiger partial charge in [-0.3, -0.25) is 0 Å². The van der Waals surface area contributed by atoms with E-state index >= 15 is 0 Å². The molecule has 0 saturated heterocycles. The van der Waals surface area contributed by atoms with Gasteiger partial charge in [-0.2, -0.15) is 0 Å². The van der Waals surface area contributed by atoms with E-state index in [1.165, 1.54) is 10.9 Å². The van der Waals surface area contributed by atoms with Crippen molar-refractivity contribution in [2.24, 2.45) is 0 Å². The number of benzene rings is 2. The van der Waals surface area contributed by atoms with Gasteiger partial charge in [-0.25, -0.2) is 9.97 Å². The normalized spacial score (nSPS) is 11.5. The maximum Gasteiger partial charge on any atom is 0.178 e. The molecule has 0 aliphatic rings. The predicted molar refractivity (Wildman–Crippen MR) is 109 cm³/mol. The van der Waals surface area contributed by atoms with Crippen molar-refractivity contribution in [3.63, 3.8) is 0 Å². The Morgan fingerprint density at radius 1 is 0.962 bits per heavy atom. The third-order valence-electron chi connectivity index (χ3n) is 4.64. The molecule has 0 saturated carbocycles. The number of aromatic amines is 1. The highest BCUT2D eigenvalue weighted by molar-refractivity contribution is 5.93. The predicted octanol–water partition coefficient (Wildman–Crippen LogP) is 4.06. The van der Waals surface area contributed by atoms with Crippen molar-refractivity contribution in [3.8, 4) is 11.5 Å². The number of aryl methyl sites for hydroxylation is 1. The van der Waals surface area contributed by atoms with Gasteiger partial charge in [0.1, 0.15) is 5.82 Å². The highest BCUT2D eigenvalue weighted by Crippen LogP contribution is 2.30. The first-order valence-corrected chi connectivity index (χ1v) is 8.86. The molecule has 4 aromatic rings. The van der Waals surface area contributed by atoms with E-state index in [0.29, 0.717) is 0 Å². The Labute approximate surface area is 153 Å². The van der Waals surface area contributed by atoms with Crippen LogP contribution in [-0.4, -0.2) is 47.0 Å². The maximum absolute atomic E-state index is 4.85. The standard InChI is InChI=1S/C21H23N5/c1-14-15-8-4-6-10-17(15)23-19(14)21-24-18-11-7-5-9-16(18)20(25-21)22-12-13-26(2)3/h4-11,23H,12-13H2,1-3H3,(H,22,24,25). The molecule has 2 heterocycles. The summed E-state index contributed by atoms with van der Waals surface area (Å²) in [5.74, 6) is 1.61. The number of H-pyrrole nitrogens is 1. The largest absolute Gasteiger partial charge is 0.368 e.